The van der Waals surface area contributed by atoms with Crippen LogP contribution >= 0.6 is 15.9 Å². The number of rotatable bonds is 2. The molecule has 12 heteroatoms. The van der Waals surface area contributed by atoms with Crippen LogP contribution in [0, 0.1) is 5.82 Å². The molecule has 7 nitrogen and oxygen atoms in total. The van der Waals surface area contributed by atoms with Crippen molar-refractivity contribution >= 4 is 34.0 Å². The number of aliphatic imine (C=N–C) groups is 1. The molecule has 0 N–H and O–H groups in total. The lowest BCUT2D eigenvalue weighted by atomic mass is 9.89. The predicted octanol–water partition coefficient (Wildman–Crippen LogP) is 5.98. The number of amidine groups is 1. The maximum absolute atomic E-state index is 14.7. The van der Waals surface area contributed by atoms with Crippen molar-refractivity contribution in [1.82, 2.24) is 9.88 Å². The minimum Gasteiger partial charge on any atom is -0.451 e. The summed E-state index contributed by atoms with van der Waals surface area (Å²) in [6.07, 6.45) is -9.60. The van der Waals surface area contributed by atoms with E-state index in [-0.39, 0.29) is 15.1 Å². The Morgan fingerprint density at radius 2 is 1.77 bits per heavy atom. The Kier molecular flexibility index (Phi) is 7.26. The fourth-order valence-electron chi connectivity index (χ4n) is 3.31. The van der Waals surface area contributed by atoms with E-state index in [1.165, 1.54) is 58.0 Å². The molecule has 0 saturated heterocycles. The predicted molar refractivity (Wildman–Crippen MR) is 121 cm³/mol. The summed E-state index contributed by atoms with van der Waals surface area (Å²) in [5, 5.41) is 0. The van der Waals surface area contributed by atoms with Crippen LogP contribution in [0.4, 0.5) is 22.4 Å². The topological polar surface area (TPSA) is 81.1 Å². The molecule has 1 aromatic carbocycles. The number of alkyl halides is 3. The number of pyridine rings is 1. The van der Waals surface area contributed by atoms with Crippen molar-refractivity contribution in [3.05, 3.63) is 64.1 Å². The van der Waals surface area contributed by atoms with Gasteiger partial charge in [0.2, 0.25) is 0 Å². The molecule has 1 aliphatic rings. The Balaban J connectivity index is 2.20. The second-order valence-electron chi connectivity index (χ2n) is 8.97. The van der Waals surface area contributed by atoms with E-state index in [1.54, 1.807) is 6.07 Å². The highest BCUT2D eigenvalue weighted by Gasteiger charge is 2.53. The SMILES string of the molecule is CC(C)(C)OC(=O)N(C(=O)c1ccccc1)C1=N[C@](C)(c2nc(Br)ccc2F)C[C@H](C(F)(F)F)O1. The maximum atomic E-state index is 14.7. The summed E-state index contributed by atoms with van der Waals surface area (Å²) in [5.41, 5.74) is -3.50. The minimum atomic E-state index is -4.93. The van der Waals surface area contributed by atoms with Crippen molar-refractivity contribution in [3.63, 3.8) is 0 Å². The van der Waals surface area contributed by atoms with Crippen LogP contribution in [0.15, 0.2) is 52.1 Å². The van der Waals surface area contributed by atoms with Crippen molar-refractivity contribution in [2.75, 3.05) is 0 Å². The Bertz CT molecular complexity index is 1150. The molecule has 188 valence electrons. The zero-order valence-electron chi connectivity index (χ0n) is 19.2. The molecule has 35 heavy (non-hydrogen) atoms. The van der Waals surface area contributed by atoms with Crippen LogP contribution in [0.25, 0.3) is 0 Å². The van der Waals surface area contributed by atoms with E-state index in [4.69, 9.17) is 9.47 Å². The molecule has 0 saturated carbocycles. The summed E-state index contributed by atoms with van der Waals surface area (Å²) < 4.78 is 66.8. The Morgan fingerprint density at radius 1 is 1.14 bits per heavy atom. The molecule has 3 rings (SSSR count). The molecule has 0 unspecified atom stereocenters. The molecule has 0 spiro atoms. The average molecular weight is 560 g/mol. The van der Waals surface area contributed by atoms with E-state index in [1.807, 2.05) is 0 Å². The van der Waals surface area contributed by atoms with Crippen LogP contribution in [0.2, 0.25) is 0 Å². The zero-order valence-corrected chi connectivity index (χ0v) is 20.8. The van der Waals surface area contributed by atoms with E-state index in [2.05, 4.69) is 25.9 Å². The number of ether oxygens (including phenoxy) is 2. The van der Waals surface area contributed by atoms with Crippen molar-refractivity contribution in [1.29, 1.82) is 0 Å². The largest absolute Gasteiger partial charge is 0.451 e. The molecular formula is C23H22BrF4N3O4. The third-order valence-corrected chi connectivity index (χ3v) is 5.29. The van der Waals surface area contributed by atoms with Crippen molar-refractivity contribution in [3.8, 4) is 0 Å². The van der Waals surface area contributed by atoms with Gasteiger partial charge in [-0.1, -0.05) is 18.2 Å². The number of halogens is 5. The number of amides is 2. The normalized spacial score (nSPS) is 20.5. The van der Waals surface area contributed by atoms with Gasteiger partial charge in [0.15, 0.2) is 6.10 Å². The zero-order chi connectivity index (χ0) is 26.2. The van der Waals surface area contributed by atoms with Crippen LogP contribution in [0.5, 0.6) is 0 Å². The minimum absolute atomic E-state index is 0.0349. The van der Waals surface area contributed by atoms with Crippen molar-refractivity contribution in [2.24, 2.45) is 4.99 Å². The van der Waals surface area contributed by atoms with Crippen LogP contribution in [-0.4, -0.2) is 45.8 Å². The Morgan fingerprint density at radius 3 is 2.34 bits per heavy atom. The molecule has 0 radical (unpaired) electrons. The van der Waals surface area contributed by atoms with Gasteiger partial charge < -0.3 is 9.47 Å². The molecular weight excluding hydrogens is 538 g/mol. The summed E-state index contributed by atoms with van der Waals surface area (Å²) in [5.74, 6) is -1.95. The highest BCUT2D eigenvalue weighted by molar-refractivity contribution is 9.10. The van der Waals surface area contributed by atoms with E-state index in [9.17, 15) is 27.2 Å². The van der Waals surface area contributed by atoms with Gasteiger partial charge in [-0.15, -0.1) is 0 Å². The molecule has 0 bridgehead atoms. The van der Waals surface area contributed by atoms with E-state index in [0.717, 1.165) is 6.07 Å². The van der Waals surface area contributed by atoms with E-state index >= 15 is 0 Å². The first-order chi connectivity index (χ1) is 16.1. The lowest BCUT2D eigenvalue weighted by molar-refractivity contribution is -0.210. The van der Waals surface area contributed by atoms with Gasteiger partial charge in [-0.3, -0.25) is 4.79 Å². The first-order valence-electron chi connectivity index (χ1n) is 10.4. The summed E-state index contributed by atoms with van der Waals surface area (Å²) >= 11 is 3.08. The summed E-state index contributed by atoms with van der Waals surface area (Å²) in [4.78, 5) is 34.7. The monoisotopic (exact) mass is 559 g/mol. The number of hydrogen-bond donors (Lipinski definition) is 0. The second-order valence-corrected chi connectivity index (χ2v) is 9.78. The highest BCUT2D eigenvalue weighted by atomic mass is 79.9. The van der Waals surface area contributed by atoms with Crippen molar-refractivity contribution < 1.29 is 36.6 Å². The molecule has 1 aromatic heterocycles. The van der Waals surface area contributed by atoms with E-state index in [0.29, 0.717) is 0 Å². The van der Waals surface area contributed by atoms with Crippen LogP contribution in [-0.2, 0) is 15.0 Å². The molecule has 1 aliphatic heterocycles. The number of carbonyl (C=O) groups excluding carboxylic acids is 2. The van der Waals surface area contributed by atoms with Gasteiger partial charge in [0.25, 0.3) is 5.91 Å². The number of hydrogen-bond acceptors (Lipinski definition) is 6. The van der Waals surface area contributed by atoms with Gasteiger partial charge in [-0.05, 0) is 67.9 Å². The maximum Gasteiger partial charge on any atom is 0.425 e. The third kappa shape index (κ3) is 6.16. The average Bonchev–Trinajstić information content (AvgIpc) is 2.74. The van der Waals surface area contributed by atoms with Gasteiger partial charge in [0.1, 0.15) is 27.3 Å². The molecule has 2 amide bonds. The Hall–Kier alpha value is -3.02. The Labute approximate surface area is 207 Å². The number of carbonyl (C=O) groups is 2. The summed E-state index contributed by atoms with van der Waals surface area (Å²) in [6, 6.07) is 8.66. The second kappa shape index (κ2) is 9.56. The van der Waals surface area contributed by atoms with Crippen LogP contribution in [0.1, 0.15) is 50.2 Å². The summed E-state index contributed by atoms with van der Waals surface area (Å²) in [7, 11) is 0. The fraction of sp³-hybridized carbons (Fsp3) is 0.391. The van der Waals surface area contributed by atoms with Crippen LogP contribution < -0.4 is 0 Å². The van der Waals surface area contributed by atoms with Gasteiger partial charge in [0, 0.05) is 12.0 Å². The molecule has 2 heterocycles. The standard InChI is InChI=1S/C23H22BrF4N3O4/c1-21(2,3)35-20(33)31(18(32)13-8-6-5-7-9-13)19-30-22(4,12-15(34-19)23(26,27)28)17-14(25)10-11-16(24)29-17/h5-11,15H,12H2,1-4H3/t15-,22+/m1/s1. The number of nitrogens with zero attached hydrogens (tertiary/aromatic N) is 3. The number of imide groups is 1. The lowest BCUT2D eigenvalue weighted by Crippen LogP contribution is -2.53. The van der Waals surface area contributed by atoms with Crippen molar-refractivity contribution in [2.45, 2.75) is 57.5 Å². The smallest absolute Gasteiger partial charge is 0.425 e. The number of aromatic nitrogens is 1. The summed E-state index contributed by atoms with van der Waals surface area (Å²) in [6.45, 7) is 5.77. The molecule has 0 fully saturated rings. The molecule has 0 aliphatic carbocycles. The first-order valence-corrected chi connectivity index (χ1v) is 11.2. The number of benzene rings is 1. The van der Waals surface area contributed by atoms with Gasteiger partial charge in [0.05, 0.1) is 0 Å². The molecule has 2 atom stereocenters. The van der Waals surface area contributed by atoms with Gasteiger partial charge in [-0.25, -0.2) is 19.2 Å². The third-order valence-electron chi connectivity index (χ3n) is 4.85. The highest BCUT2D eigenvalue weighted by Crippen LogP contribution is 2.41. The first kappa shape index (κ1) is 26.6. The van der Waals surface area contributed by atoms with Crippen LogP contribution in [0.3, 0.4) is 0 Å². The van der Waals surface area contributed by atoms with Gasteiger partial charge in [-0.2, -0.15) is 18.1 Å². The van der Waals surface area contributed by atoms with E-state index < -0.39 is 59.4 Å². The molecule has 2 aromatic rings. The lowest BCUT2D eigenvalue weighted by Gasteiger charge is -2.38. The quantitative estimate of drug-likeness (QED) is 0.334. The fourth-order valence-corrected chi connectivity index (χ4v) is 3.62. The van der Waals surface area contributed by atoms with Gasteiger partial charge >= 0.3 is 18.3 Å².